The van der Waals surface area contributed by atoms with Crippen molar-refractivity contribution in [3.63, 3.8) is 0 Å². The minimum Gasteiger partial charge on any atom is -0.504 e. The molecule has 1 amide bonds. The van der Waals surface area contributed by atoms with Crippen molar-refractivity contribution in [2.45, 2.75) is 19.0 Å². The fourth-order valence-corrected chi connectivity index (χ4v) is 2.46. The van der Waals surface area contributed by atoms with Gasteiger partial charge in [-0.1, -0.05) is 11.8 Å². The summed E-state index contributed by atoms with van der Waals surface area (Å²) in [6.07, 6.45) is 1.37. The van der Waals surface area contributed by atoms with E-state index in [2.05, 4.69) is 20.5 Å². The van der Waals surface area contributed by atoms with E-state index >= 15 is 0 Å². The van der Waals surface area contributed by atoms with Crippen LogP contribution in [0.25, 0.3) is 0 Å². The summed E-state index contributed by atoms with van der Waals surface area (Å²) in [4.78, 5) is 20.2. The van der Waals surface area contributed by atoms with Crippen LogP contribution in [0.3, 0.4) is 0 Å². The molecule has 0 aliphatic heterocycles. The van der Waals surface area contributed by atoms with Crippen LogP contribution in [-0.4, -0.2) is 38.1 Å². The number of thioether (sulfide) groups is 1. The summed E-state index contributed by atoms with van der Waals surface area (Å²) in [6.45, 7) is 3.74. The van der Waals surface area contributed by atoms with E-state index in [-0.39, 0.29) is 23.2 Å². The largest absolute Gasteiger partial charge is 0.504 e. The van der Waals surface area contributed by atoms with Crippen LogP contribution in [0, 0.1) is 13.8 Å². The van der Waals surface area contributed by atoms with Crippen molar-refractivity contribution in [1.29, 1.82) is 0 Å². The summed E-state index contributed by atoms with van der Waals surface area (Å²) in [5.41, 5.74) is 4.63. The molecular formula is C15H16N4O3S. The second kappa shape index (κ2) is 7.59. The molecule has 0 saturated carbocycles. The van der Waals surface area contributed by atoms with E-state index in [0.717, 1.165) is 11.4 Å². The van der Waals surface area contributed by atoms with Crippen LogP contribution < -0.4 is 5.43 Å². The van der Waals surface area contributed by atoms with Gasteiger partial charge in [-0.2, -0.15) is 5.10 Å². The van der Waals surface area contributed by atoms with Crippen molar-refractivity contribution in [3.05, 3.63) is 41.2 Å². The second-order valence-electron chi connectivity index (χ2n) is 4.76. The first-order valence-electron chi connectivity index (χ1n) is 6.73. The van der Waals surface area contributed by atoms with Crippen molar-refractivity contribution >= 4 is 23.9 Å². The van der Waals surface area contributed by atoms with Crippen LogP contribution >= 0.6 is 11.8 Å². The molecule has 1 aromatic carbocycles. The van der Waals surface area contributed by atoms with Gasteiger partial charge in [0.05, 0.1) is 12.0 Å². The summed E-state index contributed by atoms with van der Waals surface area (Å²) in [5.74, 6) is -0.614. The molecule has 0 radical (unpaired) electrons. The van der Waals surface area contributed by atoms with Gasteiger partial charge in [0.25, 0.3) is 5.91 Å². The molecule has 0 unspecified atom stereocenters. The number of hydrogen-bond acceptors (Lipinski definition) is 7. The highest BCUT2D eigenvalue weighted by atomic mass is 32.2. The third kappa shape index (κ3) is 5.26. The molecule has 0 fully saturated rings. The summed E-state index contributed by atoms with van der Waals surface area (Å²) in [6, 6.07) is 6.10. The third-order valence-corrected chi connectivity index (χ3v) is 3.54. The number of aromatic hydroxyl groups is 2. The van der Waals surface area contributed by atoms with Gasteiger partial charge in [-0.3, -0.25) is 4.79 Å². The normalized spacial score (nSPS) is 10.9. The standard InChI is InChI=1S/C15H16N4O3S/c1-9-5-10(2)18-15(17-9)23-8-14(22)19-16-7-11-3-4-12(20)13(21)6-11/h3-7,20-21H,8H2,1-2H3,(H,19,22)/b16-7+. The van der Waals surface area contributed by atoms with Crippen LogP contribution in [-0.2, 0) is 4.79 Å². The van der Waals surface area contributed by atoms with Crippen LogP contribution in [0.5, 0.6) is 11.5 Å². The predicted molar refractivity (Wildman–Crippen MR) is 87.7 cm³/mol. The fraction of sp³-hybridized carbons (Fsp3) is 0.200. The predicted octanol–water partition coefficient (Wildman–Crippen LogP) is 1.75. The second-order valence-corrected chi connectivity index (χ2v) is 5.71. The van der Waals surface area contributed by atoms with Gasteiger partial charge in [-0.25, -0.2) is 15.4 Å². The van der Waals surface area contributed by atoms with Gasteiger partial charge in [0, 0.05) is 11.4 Å². The number of hydrazone groups is 1. The van der Waals surface area contributed by atoms with Gasteiger partial charge >= 0.3 is 0 Å². The highest BCUT2D eigenvalue weighted by molar-refractivity contribution is 7.99. The molecule has 2 aromatic rings. The summed E-state index contributed by atoms with van der Waals surface area (Å²) in [5, 5.41) is 22.9. The van der Waals surface area contributed by atoms with Crippen molar-refractivity contribution in [1.82, 2.24) is 15.4 Å². The minimum absolute atomic E-state index is 0.140. The van der Waals surface area contributed by atoms with E-state index in [4.69, 9.17) is 0 Å². The maximum absolute atomic E-state index is 11.7. The third-order valence-electron chi connectivity index (χ3n) is 2.70. The molecule has 0 saturated heterocycles. The Balaban J connectivity index is 1.85. The van der Waals surface area contributed by atoms with Gasteiger partial charge in [0.15, 0.2) is 16.7 Å². The van der Waals surface area contributed by atoms with E-state index in [1.54, 1.807) is 6.07 Å². The molecule has 23 heavy (non-hydrogen) atoms. The van der Waals surface area contributed by atoms with E-state index in [9.17, 15) is 15.0 Å². The Bertz CT molecular complexity index is 729. The van der Waals surface area contributed by atoms with Gasteiger partial charge in [0.2, 0.25) is 0 Å². The zero-order chi connectivity index (χ0) is 16.8. The van der Waals surface area contributed by atoms with E-state index in [1.165, 1.54) is 30.1 Å². The molecular weight excluding hydrogens is 316 g/mol. The maximum atomic E-state index is 11.7. The summed E-state index contributed by atoms with van der Waals surface area (Å²) < 4.78 is 0. The number of aromatic nitrogens is 2. The number of carbonyl (C=O) groups is 1. The Morgan fingerprint density at radius 1 is 1.22 bits per heavy atom. The lowest BCUT2D eigenvalue weighted by molar-refractivity contribution is -0.118. The van der Waals surface area contributed by atoms with E-state index < -0.39 is 0 Å². The lowest BCUT2D eigenvalue weighted by Crippen LogP contribution is -2.19. The number of amides is 1. The van der Waals surface area contributed by atoms with Gasteiger partial charge in [-0.15, -0.1) is 0 Å². The highest BCUT2D eigenvalue weighted by Crippen LogP contribution is 2.23. The number of rotatable bonds is 5. The Kier molecular flexibility index (Phi) is 5.53. The Labute approximate surface area is 137 Å². The SMILES string of the molecule is Cc1cc(C)nc(SCC(=O)N/N=C/c2ccc(O)c(O)c2)n1. The highest BCUT2D eigenvalue weighted by Gasteiger charge is 2.05. The van der Waals surface area contributed by atoms with Crippen LogP contribution in [0.15, 0.2) is 34.5 Å². The van der Waals surface area contributed by atoms with Crippen molar-refractivity contribution in [3.8, 4) is 11.5 Å². The number of phenols is 2. The molecule has 0 atom stereocenters. The zero-order valence-corrected chi connectivity index (χ0v) is 13.5. The molecule has 3 N–H and O–H groups in total. The number of nitrogens with zero attached hydrogens (tertiary/aromatic N) is 3. The van der Waals surface area contributed by atoms with E-state index in [0.29, 0.717) is 10.7 Å². The first kappa shape index (κ1) is 16.8. The molecule has 8 heteroatoms. The zero-order valence-electron chi connectivity index (χ0n) is 12.6. The lowest BCUT2D eigenvalue weighted by atomic mass is 10.2. The van der Waals surface area contributed by atoms with Crippen LogP contribution in [0.1, 0.15) is 17.0 Å². The number of phenolic OH excluding ortho intramolecular Hbond substituents is 2. The minimum atomic E-state index is -0.294. The van der Waals surface area contributed by atoms with Crippen molar-refractivity contribution in [2.75, 3.05) is 5.75 Å². The smallest absolute Gasteiger partial charge is 0.250 e. The monoisotopic (exact) mass is 332 g/mol. The number of hydrogen-bond donors (Lipinski definition) is 3. The van der Waals surface area contributed by atoms with Gasteiger partial charge in [0.1, 0.15) is 0 Å². The molecule has 2 rings (SSSR count). The van der Waals surface area contributed by atoms with Gasteiger partial charge < -0.3 is 10.2 Å². The van der Waals surface area contributed by atoms with Crippen LogP contribution in [0.2, 0.25) is 0 Å². The van der Waals surface area contributed by atoms with E-state index in [1.807, 2.05) is 19.9 Å². The Morgan fingerprint density at radius 2 is 1.91 bits per heavy atom. The number of nitrogens with one attached hydrogen (secondary N) is 1. The maximum Gasteiger partial charge on any atom is 0.250 e. The first-order chi connectivity index (χ1) is 10.9. The first-order valence-corrected chi connectivity index (χ1v) is 7.71. The molecule has 0 aliphatic carbocycles. The fourth-order valence-electron chi connectivity index (χ4n) is 1.72. The topological polar surface area (TPSA) is 108 Å². The number of aryl methyl sites for hydroxylation is 2. The van der Waals surface area contributed by atoms with Gasteiger partial charge in [-0.05, 0) is 43.7 Å². The molecule has 1 heterocycles. The molecule has 0 spiro atoms. The molecule has 120 valence electrons. The number of benzene rings is 1. The number of carbonyl (C=O) groups excluding carboxylic acids is 1. The average molecular weight is 332 g/mol. The molecule has 1 aromatic heterocycles. The Morgan fingerprint density at radius 3 is 2.57 bits per heavy atom. The summed E-state index contributed by atoms with van der Waals surface area (Å²) in [7, 11) is 0. The summed E-state index contributed by atoms with van der Waals surface area (Å²) >= 11 is 1.23. The Hall–Kier alpha value is -2.61. The molecule has 0 aliphatic rings. The lowest BCUT2D eigenvalue weighted by Gasteiger charge is -2.02. The quantitative estimate of drug-likeness (QED) is 0.253. The van der Waals surface area contributed by atoms with Crippen molar-refractivity contribution in [2.24, 2.45) is 5.10 Å². The van der Waals surface area contributed by atoms with Crippen molar-refractivity contribution < 1.29 is 15.0 Å². The molecule has 0 bridgehead atoms. The average Bonchev–Trinajstić information content (AvgIpc) is 2.48. The molecule has 7 nitrogen and oxygen atoms in total. The van der Waals surface area contributed by atoms with Crippen LogP contribution in [0.4, 0.5) is 0 Å².